The lowest BCUT2D eigenvalue weighted by Crippen LogP contribution is -2.41. The summed E-state index contributed by atoms with van der Waals surface area (Å²) in [5, 5.41) is 2.48. The number of hydrogen-bond acceptors (Lipinski definition) is 8. The van der Waals surface area contributed by atoms with Crippen LogP contribution in [0.4, 0.5) is 0 Å². The topological polar surface area (TPSA) is 120 Å². The van der Waals surface area contributed by atoms with Gasteiger partial charge in [0.2, 0.25) is 11.7 Å². The summed E-state index contributed by atoms with van der Waals surface area (Å²) in [6.07, 6.45) is 0.903. The van der Waals surface area contributed by atoms with Crippen LogP contribution in [-0.4, -0.2) is 69.1 Å². The van der Waals surface area contributed by atoms with Crippen molar-refractivity contribution >= 4 is 23.7 Å². The van der Waals surface area contributed by atoms with Crippen LogP contribution >= 0.6 is 0 Å². The molecule has 0 aromatic heterocycles. The molecule has 0 saturated carbocycles. The Morgan fingerprint density at radius 2 is 1.72 bits per heavy atom. The highest BCUT2D eigenvalue weighted by Crippen LogP contribution is 2.38. The first-order valence-corrected chi connectivity index (χ1v) is 8.93. The summed E-state index contributed by atoms with van der Waals surface area (Å²) in [5.74, 6) is -1.34. The molecule has 0 radical (unpaired) electrons. The number of rotatable bonds is 8. The quantitative estimate of drug-likeness (QED) is 0.618. The minimum absolute atomic E-state index is 0.179. The van der Waals surface area contributed by atoms with E-state index < -0.39 is 30.4 Å². The third-order valence-electron chi connectivity index (χ3n) is 4.34. The van der Waals surface area contributed by atoms with Crippen LogP contribution in [0.25, 0.3) is 0 Å². The Bertz CT molecular complexity index is 782. The second kappa shape index (κ2) is 9.76. The number of imide groups is 1. The summed E-state index contributed by atoms with van der Waals surface area (Å²) < 4.78 is 20.5. The van der Waals surface area contributed by atoms with Gasteiger partial charge in [0.25, 0.3) is 11.8 Å². The van der Waals surface area contributed by atoms with Crippen molar-refractivity contribution in [1.82, 2.24) is 10.2 Å². The normalized spacial score (nSPS) is 14.2. The van der Waals surface area contributed by atoms with Crippen LogP contribution in [0.5, 0.6) is 17.2 Å². The SMILES string of the molecule is COc1cc(C(=O)N[C@@H](C)C(=O)OCC(=O)N2CCCC2=O)cc(OC)c1OC. The minimum atomic E-state index is -1.02. The van der Waals surface area contributed by atoms with Crippen molar-refractivity contribution in [2.45, 2.75) is 25.8 Å². The van der Waals surface area contributed by atoms with Crippen LogP contribution in [0, 0.1) is 0 Å². The number of likely N-dealkylation sites (tertiary alicyclic amines) is 1. The van der Waals surface area contributed by atoms with Gasteiger partial charge in [0.15, 0.2) is 18.1 Å². The Kier molecular flexibility index (Phi) is 7.40. The highest BCUT2D eigenvalue weighted by Gasteiger charge is 2.28. The van der Waals surface area contributed by atoms with E-state index in [0.29, 0.717) is 25.1 Å². The number of carbonyl (C=O) groups is 4. The van der Waals surface area contributed by atoms with Gasteiger partial charge in [-0.25, -0.2) is 4.79 Å². The van der Waals surface area contributed by atoms with Crippen molar-refractivity contribution in [3.05, 3.63) is 17.7 Å². The first-order valence-electron chi connectivity index (χ1n) is 8.93. The van der Waals surface area contributed by atoms with Crippen molar-refractivity contribution in [1.29, 1.82) is 0 Å². The predicted octanol–water partition coefficient (Wildman–Crippen LogP) is 0.523. The van der Waals surface area contributed by atoms with E-state index in [-0.39, 0.29) is 23.0 Å². The van der Waals surface area contributed by atoms with Crippen LogP contribution < -0.4 is 19.5 Å². The van der Waals surface area contributed by atoms with Gasteiger partial charge in [0, 0.05) is 18.5 Å². The average Bonchev–Trinajstić information content (AvgIpc) is 3.16. The van der Waals surface area contributed by atoms with Gasteiger partial charge < -0.3 is 24.3 Å². The zero-order valence-corrected chi connectivity index (χ0v) is 16.8. The molecule has 1 fully saturated rings. The Hall–Kier alpha value is -3.30. The molecule has 1 aliphatic heterocycles. The van der Waals surface area contributed by atoms with Gasteiger partial charge >= 0.3 is 5.97 Å². The molecule has 158 valence electrons. The molecule has 0 spiro atoms. The second-order valence-corrected chi connectivity index (χ2v) is 6.26. The van der Waals surface area contributed by atoms with Crippen LogP contribution in [0.2, 0.25) is 0 Å². The fourth-order valence-electron chi connectivity index (χ4n) is 2.80. The molecule has 1 N–H and O–H groups in total. The van der Waals surface area contributed by atoms with Crippen molar-refractivity contribution in [3.63, 3.8) is 0 Å². The van der Waals surface area contributed by atoms with Gasteiger partial charge in [-0.15, -0.1) is 0 Å². The van der Waals surface area contributed by atoms with E-state index in [4.69, 9.17) is 18.9 Å². The number of benzene rings is 1. The predicted molar refractivity (Wildman–Crippen MR) is 99.9 cm³/mol. The van der Waals surface area contributed by atoms with E-state index in [1.54, 1.807) is 0 Å². The number of nitrogens with one attached hydrogen (secondary N) is 1. The molecule has 0 aliphatic carbocycles. The zero-order chi connectivity index (χ0) is 21.6. The third-order valence-corrected chi connectivity index (χ3v) is 4.34. The second-order valence-electron chi connectivity index (χ2n) is 6.26. The fourth-order valence-corrected chi connectivity index (χ4v) is 2.80. The zero-order valence-electron chi connectivity index (χ0n) is 16.8. The minimum Gasteiger partial charge on any atom is -0.493 e. The number of hydrogen-bond donors (Lipinski definition) is 1. The fraction of sp³-hybridized carbons (Fsp3) is 0.474. The molecule has 2 rings (SSSR count). The number of ether oxygens (including phenoxy) is 4. The Morgan fingerprint density at radius 3 is 2.21 bits per heavy atom. The van der Waals surface area contributed by atoms with E-state index in [1.807, 2.05) is 0 Å². The summed E-state index contributed by atoms with van der Waals surface area (Å²) >= 11 is 0. The maximum atomic E-state index is 12.5. The van der Waals surface area contributed by atoms with Crippen molar-refractivity contribution in [3.8, 4) is 17.2 Å². The van der Waals surface area contributed by atoms with Crippen LogP contribution in [0.1, 0.15) is 30.1 Å². The number of esters is 1. The number of carbonyl (C=O) groups excluding carboxylic acids is 4. The van der Waals surface area contributed by atoms with E-state index in [9.17, 15) is 19.2 Å². The summed E-state index contributed by atoms with van der Waals surface area (Å²) in [6, 6.07) is 1.86. The van der Waals surface area contributed by atoms with Crippen molar-refractivity contribution < 1.29 is 38.1 Å². The summed E-state index contributed by atoms with van der Waals surface area (Å²) in [7, 11) is 4.28. The van der Waals surface area contributed by atoms with Crippen LogP contribution in [0.15, 0.2) is 12.1 Å². The number of methoxy groups -OCH3 is 3. The molecule has 1 aromatic rings. The van der Waals surface area contributed by atoms with Crippen LogP contribution in [-0.2, 0) is 19.1 Å². The Morgan fingerprint density at radius 1 is 1.10 bits per heavy atom. The lowest BCUT2D eigenvalue weighted by atomic mass is 10.1. The molecule has 1 atom stereocenters. The highest BCUT2D eigenvalue weighted by molar-refractivity contribution is 5.99. The lowest BCUT2D eigenvalue weighted by Gasteiger charge is -2.17. The molecular formula is C19H24N2O8. The van der Waals surface area contributed by atoms with E-state index in [2.05, 4.69) is 5.32 Å². The number of amides is 3. The van der Waals surface area contributed by atoms with Gasteiger partial charge in [-0.1, -0.05) is 0 Å². The van der Waals surface area contributed by atoms with Gasteiger partial charge in [0.05, 0.1) is 21.3 Å². The largest absolute Gasteiger partial charge is 0.493 e. The van der Waals surface area contributed by atoms with Gasteiger partial charge in [-0.05, 0) is 25.5 Å². The van der Waals surface area contributed by atoms with Gasteiger partial charge in [-0.2, -0.15) is 0 Å². The molecule has 0 bridgehead atoms. The molecular weight excluding hydrogens is 384 g/mol. The maximum absolute atomic E-state index is 12.5. The van der Waals surface area contributed by atoms with E-state index >= 15 is 0 Å². The standard InChI is InChI=1S/C19H24N2O8/c1-11(19(25)29-10-16(23)21-7-5-6-15(21)22)20-18(24)12-8-13(26-2)17(28-4)14(9-12)27-3/h8-9,11H,5-7,10H2,1-4H3,(H,20,24)/t11-/m0/s1. The molecule has 29 heavy (non-hydrogen) atoms. The Balaban J connectivity index is 1.98. The van der Waals surface area contributed by atoms with E-state index in [1.165, 1.54) is 40.4 Å². The van der Waals surface area contributed by atoms with Crippen molar-refractivity contribution in [2.75, 3.05) is 34.5 Å². The van der Waals surface area contributed by atoms with E-state index in [0.717, 1.165) is 4.90 Å². The molecule has 1 aromatic carbocycles. The first-order chi connectivity index (χ1) is 13.8. The molecule has 0 unspecified atom stereocenters. The smallest absolute Gasteiger partial charge is 0.328 e. The molecule has 10 heteroatoms. The maximum Gasteiger partial charge on any atom is 0.328 e. The molecule has 10 nitrogen and oxygen atoms in total. The average molecular weight is 408 g/mol. The summed E-state index contributed by atoms with van der Waals surface area (Å²) in [5.41, 5.74) is 0.179. The lowest BCUT2D eigenvalue weighted by molar-refractivity contribution is -0.155. The van der Waals surface area contributed by atoms with Gasteiger partial charge in [0.1, 0.15) is 6.04 Å². The first kappa shape index (κ1) is 22.0. The van der Waals surface area contributed by atoms with Crippen molar-refractivity contribution in [2.24, 2.45) is 0 Å². The molecule has 1 saturated heterocycles. The molecule has 1 aliphatic rings. The monoisotopic (exact) mass is 408 g/mol. The highest BCUT2D eigenvalue weighted by atomic mass is 16.5. The van der Waals surface area contributed by atoms with Crippen LogP contribution in [0.3, 0.4) is 0 Å². The summed E-state index contributed by atoms with van der Waals surface area (Å²) in [4.78, 5) is 49.1. The number of nitrogens with zero attached hydrogens (tertiary/aromatic N) is 1. The van der Waals surface area contributed by atoms with Gasteiger partial charge in [-0.3, -0.25) is 19.3 Å². The molecule has 3 amide bonds. The third kappa shape index (κ3) is 5.15. The Labute approximate surface area is 168 Å². The molecule has 1 heterocycles. The summed E-state index contributed by atoms with van der Waals surface area (Å²) in [6.45, 7) is 1.18.